The molecule has 0 unspecified atom stereocenters. The van der Waals surface area contributed by atoms with Crippen molar-refractivity contribution in [3.05, 3.63) is 95.1 Å². The summed E-state index contributed by atoms with van der Waals surface area (Å²) in [5.74, 6) is 0.657. The zero-order valence-electron chi connectivity index (χ0n) is 33.1. The molecule has 8 bridgehead atoms. The third-order valence-electron chi connectivity index (χ3n) is 10.5. The molecule has 274 valence electrons. The van der Waals surface area contributed by atoms with Crippen LogP contribution in [0.4, 0.5) is 0 Å². The predicted octanol–water partition coefficient (Wildman–Crippen LogP) is 9.72. The van der Waals surface area contributed by atoms with E-state index < -0.39 is 5.97 Å². The van der Waals surface area contributed by atoms with Crippen LogP contribution < -0.4 is 9.97 Å². The number of fused-ring (bicyclic) bond motifs is 20. The van der Waals surface area contributed by atoms with Crippen LogP contribution in [-0.4, -0.2) is 41.0 Å². The molecular formula is C45H40N8O2Zn. The average molecular weight is 790 g/mol. The molecule has 9 rings (SSSR count). The standard InChI is InChI=1S/C45H41N8O2.Zn/c1-43(2,3)28-16-10-13-24-31(28)40-49-35(24)47-38-27-21-22(42(54)55)19-20-23(27)34(46-38)48-39-32-25(14-11-17-29(32)44(4,5)6)36(50-39)52-41-33-26(37(51-40)53-41)15-12-18-30(33)45(7,8)9;/h10-21H,1-9H3,(H2-,46,47,48,49,50,51,52,53,54,55);/q-1;+2/p-1. The van der Waals surface area contributed by atoms with E-state index in [9.17, 15) is 9.90 Å². The van der Waals surface area contributed by atoms with E-state index in [-0.39, 0.29) is 41.3 Å². The second-order valence-electron chi connectivity index (χ2n) is 17.5. The zero-order chi connectivity index (χ0) is 38.8. The number of rotatable bonds is 1. The van der Waals surface area contributed by atoms with Crippen molar-refractivity contribution in [2.75, 3.05) is 0 Å². The van der Waals surface area contributed by atoms with Crippen molar-refractivity contribution in [2.45, 2.75) is 78.6 Å². The fourth-order valence-corrected chi connectivity index (χ4v) is 7.81. The van der Waals surface area contributed by atoms with Crippen molar-refractivity contribution in [3.8, 4) is 45.6 Å². The van der Waals surface area contributed by atoms with E-state index in [1.54, 1.807) is 18.2 Å². The van der Waals surface area contributed by atoms with Crippen LogP contribution in [0.3, 0.4) is 0 Å². The smallest absolute Gasteiger partial charge is 0.478 e. The minimum atomic E-state index is -1.05. The molecule has 0 radical (unpaired) electrons. The molecule has 11 heteroatoms. The Morgan fingerprint density at radius 2 is 0.946 bits per heavy atom. The summed E-state index contributed by atoms with van der Waals surface area (Å²) in [7, 11) is 0. The molecule has 0 amide bonds. The minimum absolute atomic E-state index is 0. The molecule has 0 spiro atoms. The van der Waals surface area contributed by atoms with Crippen LogP contribution in [0.2, 0.25) is 0 Å². The van der Waals surface area contributed by atoms with Gasteiger partial charge in [-0.15, -0.1) is 0 Å². The van der Waals surface area contributed by atoms with Gasteiger partial charge in [-0.1, -0.05) is 123 Å². The van der Waals surface area contributed by atoms with E-state index in [1.165, 1.54) is 0 Å². The van der Waals surface area contributed by atoms with Crippen LogP contribution in [-0.2, 0) is 35.7 Å². The van der Waals surface area contributed by atoms with Crippen molar-refractivity contribution in [3.63, 3.8) is 0 Å². The molecule has 2 aliphatic rings. The van der Waals surface area contributed by atoms with Gasteiger partial charge >= 0.3 is 25.4 Å². The second-order valence-corrected chi connectivity index (χ2v) is 17.5. The minimum Gasteiger partial charge on any atom is -0.478 e. The fourth-order valence-electron chi connectivity index (χ4n) is 7.81. The summed E-state index contributed by atoms with van der Waals surface area (Å²) in [4.78, 5) is 53.3. The number of carbonyl (C=O) groups is 1. The van der Waals surface area contributed by atoms with Gasteiger partial charge in [-0.2, -0.15) is 0 Å². The summed E-state index contributed by atoms with van der Waals surface area (Å²) in [6, 6.07) is 23.4. The van der Waals surface area contributed by atoms with Gasteiger partial charge in [0.05, 0.1) is 28.9 Å². The zero-order valence-corrected chi connectivity index (χ0v) is 36.0. The molecule has 3 aromatic heterocycles. The Morgan fingerprint density at radius 3 is 1.48 bits per heavy atom. The van der Waals surface area contributed by atoms with Crippen LogP contribution in [0.5, 0.6) is 0 Å². The number of benzene rings is 4. The normalized spacial score (nSPS) is 12.7. The average Bonchev–Trinajstić information content (AvgIpc) is 3.85. The summed E-state index contributed by atoms with van der Waals surface area (Å²) in [6.45, 7) is 19.6. The molecule has 0 saturated heterocycles. The van der Waals surface area contributed by atoms with Crippen molar-refractivity contribution >= 4 is 50.1 Å². The van der Waals surface area contributed by atoms with Gasteiger partial charge in [-0.05, 0) is 66.6 Å². The Morgan fingerprint density at radius 1 is 0.500 bits per heavy atom. The van der Waals surface area contributed by atoms with Crippen LogP contribution in [0.1, 0.15) is 89.4 Å². The fraction of sp³-hybridized carbons (Fsp3) is 0.267. The maximum Gasteiger partial charge on any atom is 2.00 e. The number of hydrogen-bond donors (Lipinski definition) is 1. The van der Waals surface area contributed by atoms with Crippen LogP contribution in [0, 0.1) is 0 Å². The van der Waals surface area contributed by atoms with Gasteiger partial charge < -0.3 is 35.0 Å². The van der Waals surface area contributed by atoms with E-state index in [0.717, 1.165) is 49.4 Å². The van der Waals surface area contributed by atoms with Crippen molar-refractivity contribution in [2.24, 2.45) is 0 Å². The Labute approximate surface area is 337 Å². The Hall–Kier alpha value is -5.67. The monoisotopic (exact) mass is 788 g/mol. The first kappa shape index (κ1) is 37.3. The molecular weight excluding hydrogens is 750 g/mol. The molecule has 0 saturated carbocycles. The van der Waals surface area contributed by atoms with Gasteiger partial charge in [0.25, 0.3) is 0 Å². The van der Waals surface area contributed by atoms with Gasteiger partial charge in [-0.25, -0.2) is 14.8 Å². The summed E-state index contributed by atoms with van der Waals surface area (Å²) in [6.07, 6.45) is 0. The van der Waals surface area contributed by atoms with Crippen LogP contribution >= 0.6 is 0 Å². The molecule has 1 N–H and O–H groups in total. The maximum absolute atomic E-state index is 12.2. The Balaban J connectivity index is 0.00000441. The Kier molecular flexibility index (Phi) is 8.44. The van der Waals surface area contributed by atoms with Crippen LogP contribution in [0.15, 0.2) is 72.8 Å². The molecule has 7 aromatic rings. The van der Waals surface area contributed by atoms with E-state index in [1.807, 2.05) is 36.4 Å². The first-order chi connectivity index (χ1) is 26.0. The summed E-state index contributed by atoms with van der Waals surface area (Å²) >= 11 is 0. The van der Waals surface area contributed by atoms with Gasteiger partial charge in [0.1, 0.15) is 0 Å². The molecule has 0 atom stereocenters. The number of aromatic nitrogens is 8. The molecule has 56 heavy (non-hydrogen) atoms. The predicted molar refractivity (Wildman–Crippen MR) is 217 cm³/mol. The molecule has 0 aliphatic carbocycles. The van der Waals surface area contributed by atoms with E-state index in [0.29, 0.717) is 57.0 Å². The first-order valence-electron chi connectivity index (χ1n) is 18.5. The van der Waals surface area contributed by atoms with E-state index >= 15 is 0 Å². The largest absolute Gasteiger partial charge is 2.00 e. The quantitative estimate of drug-likeness (QED) is 0.160. The topological polar surface area (TPSA) is 143 Å². The Bertz CT molecular complexity index is 2950. The van der Waals surface area contributed by atoms with Gasteiger partial charge in [0.2, 0.25) is 0 Å². The number of carboxylic acids is 1. The van der Waals surface area contributed by atoms with E-state index in [2.05, 4.69) is 80.5 Å². The van der Waals surface area contributed by atoms with Gasteiger partial charge in [0.15, 0.2) is 0 Å². The molecule has 2 aliphatic heterocycles. The van der Waals surface area contributed by atoms with E-state index in [4.69, 9.17) is 39.9 Å². The number of carboxylic acid groups (broad SMARTS) is 1. The third-order valence-corrected chi connectivity index (χ3v) is 10.5. The first-order valence-corrected chi connectivity index (χ1v) is 18.5. The summed E-state index contributed by atoms with van der Waals surface area (Å²) in [5.41, 5.74) is 7.44. The molecule has 10 nitrogen and oxygen atoms in total. The maximum atomic E-state index is 12.2. The number of hydrogen-bond acceptors (Lipinski definition) is 7. The molecule has 0 fully saturated rings. The van der Waals surface area contributed by atoms with Crippen molar-refractivity contribution in [1.29, 1.82) is 0 Å². The SMILES string of the molecule is CC(C)(C)c1cccc2c1-c1nc-2nc2[n-]c(nc3nc(nc4[n-]c(n1)c1cccc(C(C)(C)C)c41)-c1ccc(C(=O)O)cc1-3)c1cccc(C(C)(C)C)c21.[Zn+2]. The summed E-state index contributed by atoms with van der Waals surface area (Å²) < 4.78 is 0. The number of aromatic carboxylic acids is 1. The third kappa shape index (κ3) is 5.91. The second kappa shape index (κ2) is 12.7. The van der Waals surface area contributed by atoms with Gasteiger partial charge in [0, 0.05) is 44.8 Å². The summed E-state index contributed by atoms with van der Waals surface area (Å²) in [5, 5.41) is 13.4. The van der Waals surface area contributed by atoms with Crippen molar-refractivity contribution < 1.29 is 29.4 Å². The molecule has 4 aromatic carbocycles. The van der Waals surface area contributed by atoms with Crippen LogP contribution in [0.25, 0.3) is 89.7 Å². The van der Waals surface area contributed by atoms with Crippen molar-refractivity contribution in [1.82, 2.24) is 39.9 Å². The van der Waals surface area contributed by atoms with Gasteiger partial charge in [-0.3, -0.25) is 0 Å². The molecule has 5 heterocycles. The number of nitrogens with zero attached hydrogens (tertiary/aromatic N) is 8.